The average Bonchev–Trinajstić information content (AvgIpc) is 2.85. The summed E-state index contributed by atoms with van der Waals surface area (Å²) in [6.45, 7) is 4.80. The zero-order valence-electron chi connectivity index (χ0n) is 11.2. The van der Waals surface area contributed by atoms with Gasteiger partial charge in [-0.05, 0) is 18.2 Å². The van der Waals surface area contributed by atoms with Crippen molar-refractivity contribution >= 4 is 15.9 Å². The van der Waals surface area contributed by atoms with Crippen LogP contribution in [0.3, 0.4) is 0 Å². The van der Waals surface area contributed by atoms with E-state index in [9.17, 15) is 0 Å². The zero-order valence-corrected chi connectivity index (χ0v) is 12.8. The summed E-state index contributed by atoms with van der Waals surface area (Å²) in [6.07, 6.45) is 1.73. The molecule has 0 saturated heterocycles. The van der Waals surface area contributed by atoms with E-state index in [-0.39, 0.29) is 0 Å². The van der Waals surface area contributed by atoms with Crippen LogP contribution in [0.4, 0.5) is 0 Å². The van der Waals surface area contributed by atoms with Crippen LogP contribution in [0.15, 0.2) is 33.3 Å². The molecule has 0 saturated carbocycles. The highest BCUT2D eigenvalue weighted by Gasteiger charge is 2.11. The van der Waals surface area contributed by atoms with Gasteiger partial charge in [-0.25, -0.2) is 4.98 Å². The number of hydrogen-bond donors (Lipinski definition) is 1. The van der Waals surface area contributed by atoms with Crippen molar-refractivity contribution in [3.8, 4) is 17.1 Å². The fraction of sp³-hybridized carbons (Fsp3) is 0.357. The summed E-state index contributed by atoms with van der Waals surface area (Å²) >= 11 is 3.51. The standard InChI is InChI=1S/C14H17BrN2O2/c1-9(2)16-8-14-17-7-13(19-14)11-6-10(18-3)4-5-12(11)15/h4-7,9,16H,8H2,1-3H3. The highest BCUT2D eigenvalue weighted by Crippen LogP contribution is 2.32. The van der Waals surface area contributed by atoms with Gasteiger partial charge in [0.1, 0.15) is 5.75 Å². The third-order valence-corrected chi connectivity index (χ3v) is 3.35. The molecule has 5 heteroatoms. The molecule has 0 aliphatic rings. The minimum atomic E-state index is 0.402. The Morgan fingerprint density at radius 3 is 2.89 bits per heavy atom. The number of benzene rings is 1. The van der Waals surface area contributed by atoms with Crippen molar-refractivity contribution in [3.05, 3.63) is 34.8 Å². The predicted molar refractivity (Wildman–Crippen MR) is 78.2 cm³/mol. The Kier molecular flexibility index (Phi) is 4.61. The lowest BCUT2D eigenvalue weighted by Gasteiger charge is -2.05. The first-order valence-corrected chi connectivity index (χ1v) is 6.91. The molecule has 0 atom stereocenters. The lowest BCUT2D eigenvalue weighted by Crippen LogP contribution is -2.21. The second kappa shape index (κ2) is 6.21. The van der Waals surface area contributed by atoms with Gasteiger partial charge < -0.3 is 14.5 Å². The summed E-state index contributed by atoms with van der Waals surface area (Å²) in [5, 5.41) is 3.27. The summed E-state index contributed by atoms with van der Waals surface area (Å²) in [7, 11) is 1.64. The second-order valence-corrected chi connectivity index (χ2v) is 5.35. The first kappa shape index (κ1) is 14.1. The fourth-order valence-electron chi connectivity index (χ4n) is 1.63. The summed E-state index contributed by atoms with van der Waals surface area (Å²) in [6, 6.07) is 6.15. The molecule has 2 aromatic rings. The Labute approximate surface area is 121 Å². The number of nitrogens with zero attached hydrogens (tertiary/aromatic N) is 1. The minimum Gasteiger partial charge on any atom is -0.497 e. The maximum absolute atomic E-state index is 5.74. The monoisotopic (exact) mass is 324 g/mol. The van der Waals surface area contributed by atoms with E-state index in [1.807, 2.05) is 18.2 Å². The molecule has 19 heavy (non-hydrogen) atoms. The van der Waals surface area contributed by atoms with Crippen LogP contribution in [0.2, 0.25) is 0 Å². The van der Waals surface area contributed by atoms with Crippen molar-refractivity contribution in [2.75, 3.05) is 7.11 Å². The van der Waals surface area contributed by atoms with Gasteiger partial charge >= 0.3 is 0 Å². The molecule has 0 aliphatic carbocycles. The molecule has 0 fully saturated rings. The number of nitrogens with one attached hydrogen (secondary N) is 1. The molecule has 2 rings (SSSR count). The summed E-state index contributed by atoms with van der Waals surface area (Å²) in [5.74, 6) is 2.20. The van der Waals surface area contributed by atoms with E-state index in [1.54, 1.807) is 13.3 Å². The van der Waals surface area contributed by atoms with Crippen molar-refractivity contribution < 1.29 is 9.15 Å². The molecular formula is C14H17BrN2O2. The Morgan fingerprint density at radius 1 is 1.42 bits per heavy atom. The number of oxazole rings is 1. The van der Waals surface area contributed by atoms with Crippen LogP contribution in [-0.2, 0) is 6.54 Å². The van der Waals surface area contributed by atoms with E-state index in [4.69, 9.17) is 9.15 Å². The number of rotatable bonds is 5. The van der Waals surface area contributed by atoms with Gasteiger partial charge in [-0.15, -0.1) is 0 Å². The van der Waals surface area contributed by atoms with Crippen LogP contribution < -0.4 is 10.1 Å². The molecule has 1 heterocycles. The SMILES string of the molecule is COc1ccc(Br)c(-c2cnc(CNC(C)C)o2)c1. The van der Waals surface area contributed by atoms with Crippen molar-refractivity contribution in [1.82, 2.24) is 10.3 Å². The first-order valence-electron chi connectivity index (χ1n) is 6.12. The van der Waals surface area contributed by atoms with Crippen molar-refractivity contribution in [3.63, 3.8) is 0 Å². The van der Waals surface area contributed by atoms with Gasteiger partial charge in [0.25, 0.3) is 0 Å². The lowest BCUT2D eigenvalue weighted by atomic mass is 10.2. The van der Waals surface area contributed by atoms with E-state index in [0.29, 0.717) is 18.5 Å². The molecule has 1 N–H and O–H groups in total. The topological polar surface area (TPSA) is 47.3 Å². The van der Waals surface area contributed by atoms with Crippen LogP contribution in [-0.4, -0.2) is 18.1 Å². The largest absolute Gasteiger partial charge is 0.497 e. The van der Waals surface area contributed by atoms with Gasteiger partial charge in [0.2, 0.25) is 5.89 Å². The molecule has 0 bridgehead atoms. The highest BCUT2D eigenvalue weighted by atomic mass is 79.9. The van der Waals surface area contributed by atoms with Gasteiger partial charge in [0.15, 0.2) is 5.76 Å². The molecule has 1 aromatic carbocycles. The minimum absolute atomic E-state index is 0.402. The zero-order chi connectivity index (χ0) is 13.8. The van der Waals surface area contributed by atoms with Gasteiger partial charge in [-0.3, -0.25) is 0 Å². The van der Waals surface area contributed by atoms with Crippen LogP contribution in [0.25, 0.3) is 11.3 Å². The second-order valence-electron chi connectivity index (χ2n) is 4.50. The molecule has 0 aliphatic heterocycles. The summed E-state index contributed by atoms with van der Waals surface area (Å²) < 4.78 is 11.9. The van der Waals surface area contributed by atoms with Crippen molar-refractivity contribution in [2.24, 2.45) is 0 Å². The number of aromatic nitrogens is 1. The molecule has 0 radical (unpaired) electrons. The first-order chi connectivity index (χ1) is 9.10. The maximum Gasteiger partial charge on any atom is 0.208 e. The Balaban J connectivity index is 2.22. The Hall–Kier alpha value is -1.33. The molecule has 0 spiro atoms. The number of methoxy groups -OCH3 is 1. The van der Waals surface area contributed by atoms with Gasteiger partial charge in [-0.2, -0.15) is 0 Å². The highest BCUT2D eigenvalue weighted by molar-refractivity contribution is 9.10. The van der Waals surface area contributed by atoms with E-state index < -0.39 is 0 Å². The van der Waals surface area contributed by atoms with Crippen molar-refractivity contribution in [1.29, 1.82) is 0 Å². The molecule has 1 aromatic heterocycles. The summed E-state index contributed by atoms with van der Waals surface area (Å²) in [4.78, 5) is 4.27. The van der Waals surface area contributed by atoms with E-state index in [0.717, 1.165) is 21.5 Å². The molecule has 4 nitrogen and oxygen atoms in total. The summed E-state index contributed by atoms with van der Waals surface area (Å²) in [5.41, 5.74) is 0.933. The fourth-order valence-corrected chi connectivity index (χ4v) is 2.07. The van der Waals surface area contributed by atoms with Gasteiger partial charge in [-0.1, -0.05) is 29.8 Å². The maximum atomic E-state index is 5.74. The third kappa shape index (κ3) is 3.58. The van der Waals surface area contributed by atoms with E-state index >= 15 is 0 Å². The Morgan fingerprint density at radius 2 is 2.21 bits per heavy atom. The third-order valence-electron chi connectivity index (χ3n) is 2.65. The van der Waals surface area contributed by atoms with Crippen LogP contribution >= 0.6 is 15.9 Å². The van der Waals surface area contributed by atoms with Crippen LogP contribution in [0, 0.1) is 0 Å². The number of ether oxygens (including phenoxy) is 1. The van der Waals surface area contributed by atoms with Gasteiger partial charge in [0, 0.05) is 16.1 Å². The van der Waals surface area contributed by atoms with E-state index in [1.165, 1.54) is 0 Å². The average molecular weight is 325 g/mol. The van der Waals surface area contributed by atoms with E-state index in [2.05, 4.69) is 40.1 Å². The lowest BCUT2D eigenvalue weighted by molar-refractivity contribution is 0.414. The normalized spacial score (nSPS) is 11.0. The quantitative estimate of drug-likeness (QED) is 0.912. The van der Waals surface area contributed by atoms with Crippen LogP contribution in [0.5, 0.6) is 5.75 Å². The van der Waals surface area contributed by atoms with Crippen molar-refractivity contribution in [2.45, 2.75) is 26.4 Å². The molecular weight excluding hydrogens is 308 g/mol. The molecule has 0 unspecified atom stereocenters. The Bertz CT molecular complexity index is 552. The predicted octanol–water partition coefficient (Wildman–Crippen LogP) is 3.61. The molecule has 0 amide bonds. The number of hydrogen-bond acceptors (Lipinski definition) is 4. The number of halogens is 1. The smallest absolute Gasteiger partial charge is 0.208 e. The van der Waals surface area contributed by atoms with Crippen LogP contribution in [0.1, 0.15) is 19.7 Å². The van der Waals surface area contributed by atoms with Gasteiger partial charge in [0.05, 0.1) is 19.9 Å². The molecule has 102 valence electrons.